The highest BCUT2D eigenvalue weighted by Gasteiger charge is 2.21. The first-order valence-corrected chi connectivity index (χ1v) is 10.9. The Morgan fingerprint density at radius 3 is 2.72 bits per heavy atom. The largest absolute Gasteiger partial charge is 0.435 e. The van der Waals surface area contributed by atoms with Crippen molar-refractivity contribution in [1.29, 1.82) is 0 Å². The minimum atomic E-state index is -2.81. The molecule has 1 aliphatic heterocycles. The molecule has 0 spiro atoms. The second kappa shape index (κ2) is 11.5. The van der Waals surface area contributed by atoms with Crippen molar-refractivity contribution in [2.24, 2.45) is 4.99 Å². The molecule has 0 saturated carbocycles. The normalized spacial score (nSPS) is 16.8. The Balaban J connectivity index is 1.61. The summed E-state index contributed by atoms with van der Waals surface area (Å²) >= 11 is 0. The van der Waals surface area contributed by atoms with E-state index in [1.165, 1.54) is 0 Å². The van der Waals surface area contributed by atoms with Crippen molar-refractivity contribution >= 4 is 17.5 Å². The van der Waals surface area contributed by atoms with Crippen LogP contribution in [0.15, 0.2) is 47.5 Å². The van der Waals surface area contributed by atoms with Crippen LogP contribution in [0, 0.1) is 0 Å². The highest BCUT2D eigenvalue weighted by Crippen LogP contribution is 2.24. The van der Waals surface area contributed by atoms with Gasteiger partial charge in [0.15, 0.2) is 5.96 Å². The molecule has 174 valence electrons. The van der Waals surface area contributed by atoms with E-state index < -0.39 is 6.61 Å². The van der Waals surface area contributed by atoms with Gasteiger partial charge in [0, 0.05) is 45.5 Å². The third-order valence-corrected chi connectivity index (χ3v) is 5.18. The number of aliphatic imine (C=N–C) groups is 1. The molecule has 0 aliphatic carbocycles. The van der Waals surface area contributed by atoms with Crippen molar-refractivity contribution in [3.8, 4) is 5.75 Å². The van der Waals surface area contributed by atoms with Gasteiger partial charge in [-0.2, -0.15) is 8.78 Å². The maximum Gasteiger partial charge on any atom is 0.387 e. The smallest absolute Gasteiger partial charge is 0.387 e. The van der Waals surface area contributed by atoms with Gasteiger partial charge in [-0.15, -0.1) is 0 Å². The maximum absolute atomic E-state index is 12.4. The lowest BCUT2D eigenvalue weighted by Gasteiger charge is -2.35. The molecule has 1 aromatic carbocycles. The number of rotatable bonds is 8. The van der Waals surface area contributed by atoms with E-state index >= 15 is 0 Å². The lowest BCUT2D eigenvalue weighted by molar-refractivity contribution is -0.0498. The lowest BCUT2D eigenvalue weighted by atomic mass is 10.0. The molecular formula is C23H32F2N6O. The summed E-state index contributed by atoms with van der Waals surface area (Å²) in [7, 11) is 3.93. The molecule has 9 heteroatoms. The first-order valence-electron chi connectivity index (χ1n) is 10.9. The minimum absolute atomic E-state index is 0.170. The quantitative estimate of drug-likeness (QED) is 0.478. The number of hydrogen-bond acceptors (Lipinski definition) is 5. The van der Waals surface area contributed by atoms with Crippen LogP contribution >= 0.6 is 0 Å². The van der Waals surface area contributed by atoms with Gasteiger partial charge in [-0.05, 0) is 56.2 Å². The zero-order chi connectivity index (χ0) is 22.9. The molecule has 3 rings (SSSR count). The molecule has 32 heavy (non-hydrogen) atoms. The van der Waals surface area contributed by atoms with Crippen LogP contribution in [0.4, 0.5) is 20.3 Å². The van der Waals surface area contributed by atoms with Crippen LogP contribution in [0.3, 0.4) is 0 Å². The number of hydrogen-bond donors (Lipinski definition) is 2. The summed E-state index contributed by atoms with van der Waals surface area (Å²) in [6.07, 6.45) is 2.06. The molecule has 1 aromatic heterocycles. The molecule has 1 fully saturated rings. The molecule has 0 bridgehead atoms. The Labute approximate surface area is 188 Å². The Morgan fingerprint density at radius 2 is 2.03 bits per heavy atom. The number of guanidine groups is 1. The SMILES string of the molecule is CCNC(=NCc1cccc(N(C)C)n1)NC1CCCN(c2ccc(OC(F)F)cc2)C1. The zero-order valence-electron chi connectivity index (χ0n) is 18.9. The molecule has 2 aromatic rings. The average molecular weight is 447 g/mol. The number of benzene rings is 1. The molecule has 0 amide bonds. The number of alkyl halides is 2. The third-order valence-electron chi connectivity index (χ3n) is 5.18. The summed E-state index contributed by atoms with van der Waals surface area (Å²) in [6, 6.07) is 13.0. The summed E-state index contributed by atoms with van der Waals surface area (Å²) in [4.78, 5) is 13.6. The van der Waals surface area contributed by atoms with Crippen LogP contribution in [0.2, 0.25) is 0 Å². The number of pyridine rings is 1. The van der Waals surface area contributed by atoms with Crippen LogP contribution in [-0.4, -0.2) is 57.3 Å². The highest BCUT2D eigenvalue weighted by molar-refractivity contribution is 5.80. The summed E-state index contributed by atoms with van der Waals surface area (Å²) in [5, 5.41) is 6.85. The highest BCUT2D eigenvalue weighted by atomic mass is 19.3. The number of ether oxygens (including phenoxy) is 1. The van der Waals surface area contributed by atoms with Crippen molar-refractivity contribution in [2.75, 3.05) is 43.5 Å². The van der Waals surface area contributed by atoms with Gasteiger partial charge in [0.1, 0.15) is 11.6 Å². The standard InChI is InChI=1S/C23H32F2N6O/c1-4-26-23(27-15-17-7-5-9-21(28-17)30(2)3)29-18-8-6-14-31(16-18)19-10-12-20(13-11-19)32-22(24)25/h5,7,9-13,18,22H,4,6,8,14-16H2,1-3H3,(H2,26,27,29). The predicted octanol–water partition coefficient (Wildman–Crippen LogP) is 3.47. The Bertz CT molecular complexity index is 875. The van der Waals surface area contributed by atoms with E-state index in [2.05, 4.69) is 25.3 Å². The van der Waals surface area contributed by atoms with Crippen LogP contribution in [-0.2, 0) is 6.54 Å². The van der Waals surface area contributed by atoms with Crippen molar-refractivity contribution in [2.45, 2.75) is 39.0 Å². The Morgan fingerprint density at radius 1 is 1.25 bits per heavy atom. The average Bonchev–Trinajstić information content (AvgIpc) is 2.78. The van der Waals surface area contributed by atoms with Gasteiger partial charge in [-0.3, -0.25) is 0 Å². The van der Waals surface area contributed by atoms with Crippen molar-refractivity contribution in [1.82, 2.24) is 15.6 Å². The number of nitrogens with zero attached hydrogens (tertiary/aromatic N) is 4. The van der Waals surface area contributed by atoms with E-state index in [4.69, 9.17) is 4.99 Å². The molecule has 1 atom stereocenters. The lowest BCUT2D eigenvalue weighted by Crippen LogP contribution is -2.51. The Hall–Kier alpha value is -3.10. The van der Waals surface area contributed by atoms with Crippen molar-refractivity contribution < 1.29 is 13.5 Å². The van der Waals surface area contributed by atoms with Gasteiger partial charge in [-0.25, -0.2) is 9.98 Å². The molecule has 1 aliphatic rings. The first kappa shape index (κ1) is 23.6. The summed E-state index contributed by atoms with van der Waals surface area (Å²) < 4.78 is 29.2. The predicted molar refractivity (Wildman–Crippen MR) is 125 cm³/mol. The molecule has 7 nitrogen and oxygen atoms in total. The van der Waals surface area contributed by atoms with Crippen LogP contribution in [0.5, 0.6) is 5.75 Å². The van der Waals surface area contributed by atoms with Gasteiger partial charge in [0.25, 0.3) is 0 Å². The van der Waals surface area contributed by atoms with E-state index in [9.17, 15) is 8.78 Å². The molecular weight excluding hydrogens is 414 g/mol. The molecule has 0 radical (unpaired) electrons. The summed E-state index contributed by atoms with van der Waals surface area (Å²) in [6.45, 7) is 2.19. The fraction of sp³-hybridized carbons (Fsp3) is 0.478. The second-order valence-electron chi connectivity index (χ2n) is 7.88. The molecule has 2 N–H and O–H groups in total. The van der Waals surface area contributed by atoms with Crippen LogP contribution in [0.1, 0.15) is 25.5 Å². The number of piperidine rings is 1. The monoisotopic (exact) mass is 446 g/mol. The fourth-order valence-corrected chi connectivity index (χ4v) is 3.65. The maximum atomic E-state index is 12.4. The molecule has 1 saturated heterocycles. The number of anilines is 2. The van der Waals surface area contributed by atoms with E-state index in [-0.39, 0.29) is 11.8 Å². The van der Waals surface area contributed by atoms with Gasteiger partial charge in [0.05, 0.1) is 12.2 Å². The zero-order valence-corrected chi connectivity index (χ0v) is 18.9. The first-order chi connectivity index (χ1) is 15.4. The summed E-state index contributed by atoms with van der Waals surface area (Å²) in [5.74, 6) is 1.84. The van der Waals surface area contributed by atoms with Gasteiger partial charge >= 0.3 is 6.61 Å². The number of aromatic nitrogens is 1. The van der Waals surface area contributed by atoms with Crippen LogP contribution in [0.25, 0.3) is 0 Å². The third kappa shape index (κ3) is 6.96. The van der Waals surface area contributed by atoms with Crippen LogP contribution < -0.4 is 25.2 Å². The van der Waals surface area contributed by atoms with Gasteiger partial charge < -0.3 is 25.2 Å². The Kier molecular flexibility index (Phi) is 8.47. The van der Waals surface area contributed by atoms with Crippen molar-refractivity contribution in [3.63, 3.8) is 0 Å². The van der Waals surface area contributed by atoms with E-state index in [1.807, 2.05) is 56.3 Å². The minimum Gasteiger partial charge on any atom is -0.435 e. The topological polar surface area (TPSA) is 65.0 Å². The fourth-order valence-electron chi connectivity index (χ4n) is 3.65. The van der Waals surface area contributed by atoms with E-state index in [1.54, 1.807) is 12.1 Å². The van der Waals surface area contributed by atoms with Gasteiger partial charge in [0.2, 0.25) is 0 Å². The van der Waals surface area contributed by atoms with E-state index in [0.29, 0.717) is 6.54 Å². The molecule has 2 heterocycles. The van der Waals surface area contributed by atoms with Gasteiger partial charge in [-0.1, -0.05) is 6.07 Å². The van der Waals surface area contributed by atoms with Crippen molar-refractivity contribution in [3.05, 3.63) is 48.2 Å². The molecule has 1 unspecified atom stereocenters. The summed E-state index contributed by atoms with van der Waals surface area (Å²) in [5.41, 5.74) is 1.90. The number of halogens is 2. The number of nitrogens with one attached hydrogen (secondary N) is 2. The van der Waals surface area contributed by atoms with E-state index in [0.717, 1.165) is 55.6 Å². The second-order valence-corrected chi connectivity index (χ2v) is 7.88.